The molecule has 0 saturated heterocycles. The summed E-state index contributed by atoms with van der Waals surface area (Å²) in [4.78, 5) is 24.9. The number of nitrogens with zero attached hydrogens (tertiary/aromatic N) is 1. The van der Waals surface area contributed by atoms with E-state index in [2.05, 4.69) is 21.4 Å². The number of benzene rings is 3. The molecule has 2 amide bonds. The van der Waals surface area contributed by atoms with Crippen molar-refractivity contribution in [1.29, 1.82) is 0 Å². The molecule has 0 bridgehead atoms. The number of carbonyl (C=O) groups excluding carboxylic acids is 2. The molecule has 3 N–H and O–H groups in total. The molecule has 8 nitrogen and oxygen atoms in total. The average Bonchev–Trinajstić information content (AvgIpc) is 2.86. The van der Waals surface area contributed by atoms with Gasteiger partial charge in [0.15, 0.2) is 0 Å². The summed E-state index contributed by atoms with van der Waals surface area (Å²) in [5.41, 5.74) is 10.2. The summed E-state index contributed by atoms with van der Waals surface area (Å²) in [6, 6.07) is 22.9. The molecule has 3 aromatic rings. The normalized spacial score (nSPS) is 10.9. The lowest BCUT2D eigenvalue weighted by molar-refractivity contribution is 0.0931. The topological polar surface area (TPSA) is 101 Å². The molecule has 0 aliphatic carbocycles. The van der Waals surface area contributed by atoms with Crippen molar-refractivity contribution in [1.82, 2.24) is 16.3 Å². The van der Waals surface area contributed by atoms with E-state index >= 15 is 0 Å². The van der Waals surface area contributed by atoms with E-state index in [9.17, 15) is 9.59 Å². The van der Waals surface area contributed by atoms with Crippen LogP contribution in [0.5, 0.6) is 11.5 Å². The summed E-state index contributed by atoms with van der Waals surface area (Å²) in [5, 5.41) is 4.27. The summed E-state index contributed by atoms with van der Waals surface area (Å²) >= 11 is 0. The first-order chi connectivity index (χ1) is 15.6. The van der Waals surface area contributed by atoms with Gasteiger partial charge in [-0.2, -0.15) is 5.10 Å². The number of hydrogen-bond donors (Lipinski definition) is 3. The third kappa shape index (κ3) is 6.16. The lowest BCUT2D eigenvalue weighted by Gasteiger charge is -2.11. The van der Waals surface area contributed by atoms with Gasteiger partial charge in [0.1, 0.15) is 11.5 Å². The molecule has 0 unspecified atom stereocenters. The highest BCUT2D eigenvalue weighted by Gasteiger charge is 2.10. The first-order valence-electron chi connectivity index (χ1n) is 9.84. The van der Waals surface area contributed by atoms with Crippen molar-refractivity contribution in [3.05, 3.63) is 95.6 Å². The van der Waals surface area contributed by atoms with Gasteiger partial charge < -0.3 is 9.47 Å². The highest BCUT2D eigenvalue weighted by atomic mass is 16.5. The molecular formula is C24H24N4O4. The van der Waals surface area contributed by atoms with E-state index in [1.165, 1.54) is 14.2 Å². The number of hydrogen-bond acceptors (Lipinski definition) is 6. The number of nitrogens with one attached hydrogen (secondary N) is 3. The van der Waals surface area contributed by atoms with Crippen LogP contribution in [0.2, 0.25) is 0 Å². The van der Waals surface area contributed by atoms with Crippen molar-refractivity contribution >= 4 is 17.5 Å². The van der Waals surface area contributed by atoms with Crippen LogP contribution < -0.4 is 25.8 Å². The molecule has 0 aliphatic rings. The van der Waals surface area contributed by atoms with Gasteiger partial charge in [0.05, 0.1) is 26.5 Å². The monoisotopic (exact) mass is 432 g/mol. The fourth-order valence-corrected chi connectivity index (χ4v) is 2.83. The number of amides is 2. The van der Waals surface area contributed by atoms with Crippen LogP contribution in [0, 0.1) is 0 Å². The fourth-order valence-electron chi connectivity index (χ4n) is 2.83. The van der Waals surface area contributed by atoms with Gasteiger partial charge in [0.2, 0.25) is 0 Å². The van der Waals surface area contributed by atoms with E-state index in [4.69, 9.17) is 9.47 Å². The van der Waals surface area contributed by atoms with Gasteiger partial charge in [0, 0.05) is 11.1 Å². The van der Waals surface area contributed by atoms with E-state index in [0.717, 1.165) is 5.56 Å². The summed E-state index contributed by atoms with van der Waals surface area (Å²) in [6.07, 6.45) is 0. The van der Waals surface area contributed by atoms with Crippen molar-refractivity contribution in [3.63, 3.8) is 0 Å². The Bertz CT molecular complexity index is 1100. The molecule has 32 heavy (non-hydrogen) atoms. The molecular weight excluding hydrogens is 408 g/mol. The number of methoxy groups -OCH3 is 2. The summed E-state index contributed by atoms with van der Waals surface area (Å²) < 4.78 is 10.3. The Morgan fingerprint density at radius 2 is 1.31 bits per heavy atom. The minimum atomic E-state index is -0.377. The van der Waals surface area contributed by atoms with Crippen LogP contribution >= 0.6 is 0 Å². The van der Waals surface area contributed by atoms with Gasteiger partial charge >= 0.3 is 0 Å². The Morgan fingerprint density at radius 1 is 0.750 bits per heavy atom. The highest BCUT2D eigenvalue weighted by molar-refractivity contribution is 6.04. The maximum atomic E-state index is 12.5. The standard InChI is InChI=1S/C24H24N4O4/c1-31-20-12-6-10-18(14-20)23(29)27-25-16-22(17-8-4-3-5-9-17)26-28-24(30)19-11-7-13-21(15-19)32-2/h3-15,25H,16H2,1-2H3,(H,27,29)(H,28,30)/b26-22+. The smallest absolute Gasteiger partial charge is 0.271 e. The molecule has 3 aromatic carbocycles. The highest BCUT2D eigenvalue weighted by Crippen LogP contribution is 2.13. The van der Waals surface area contributed by atoms with Gasteiger partial charge in [-0.25, -0.2) is 10.9 Å². The third-order valence-electron chi connectivity index (χ3n) is 4.52. The number of hydrazine groups is 1. The third-order valence-corrected chi connectivity index (χ3v) is 4.52. The Kier molecular flexibility index (Phi) is 7.94. The summed E-state index contributed by atoms with van der Waals surface area (Å²) in [6.45, 7) is 0.179. The van der Waals surface area contributed by atoms with E-state index < -0.39 is 0 Å². The maximum Gasteiger partial charge on any atom is 0.271 e. The number of carbonyl (C=O) groups is 2. The zero-order valence-corrected chi connectivity index (χ0v) is 17.8. The second kappa shape index (κ2) is 11.3. The van der Waals surface area contributed by atoms with Crippen molar-refractivity contribution in [2.45, 2.75) is 0 Å². The fraction of sp³-hybridized carbons (Fsp3) is 0.125. The number of rotatable bonds is 9. The SMILES string of the molecule is COc1cccc(C(=O)N/N=C(\CNNC(=O)c2cccc(OC)c2)c2ccccc2)c1. The molecule has 3 rings (SSSR count). The largest absolute Gasteiger partial charge is 0.497 e. The Labute approximate surface area is 186 Å². The summed E-state index contributed by atoms with van der Waals surface area (Å²) in [7, 11) is 3.08. The molecule has 164 valence electrons. The van der Waals surface area contributed by atoms with Gasteiger partial charge in [-0.05, 0) is 42.0 Å². The first-order valence-corrected chi connectivity index (χ1v) is 9.84. The Morgan fingerprint density at radius 3 is 1.91 bits per heavy atom. The van der Waals surface area contributed by atoms with Gasteiger partial charge in [-0.15, -0.1) is 0 Å². The lowest BCUT2D eigenvalue weighted by Crippen LogP contribution is -2.41. The average molecular weight is 432 g/mol. The summed E-state index contributed by atoms with van der Waals surface area (Å²) in [5.74, 6) is 0.464. The molecule has 8 heteroatoms. The minimum absolute atomic E-state index is 0.179. The van der Waals surface area contributed by atoms with Gasteiger partial charge in [-0.3, -0.25) is 15.0 Å². The Hall–Kier alpha value is -4.17. The minimum Gasteiger partial charge on any atom is -0.497 e. The van der Waals surface area contributed by atoms with Gasteiger partial charge in [-0.1, -0.05) is 42.5 Å². The molecule has 0 spiro atoms. The maximum absolute atomic E-state index is 12.5. The first kappa shape index (κ1) is 22.5. The van der Waals surface area contributed by atoms with Crippen LogP contribution in [0.25, 0.3) is 0 Å². The van der Waals surface area contributed by atoms with E-state index in [-0.39, 0.29) is 18.4 Å². The molecule has 0 radical (unpaired) electrons. The molecule has 0 atom stereocenters. The molecule has 0 aromatic heterocycles. The van der Waals surface area contributed by atoms with Crippen LogP contribution in [0.3, 0.4) is 0 Å². The number of ether oxygens (including phenoxy) is 2. The quantitative estimate of drug-likeness (QED) is 0.357. The lowest BCUT2D eigenvalue weighted by atomic mass is 10.1. The second-order valence-corrected chi connectivity index (χ2v) is 6.64. The van der Waals surface area contributed by atoms with Crippen molar-refractivity contribution < 1.29 is 19.1 Å². The molecule has 0 heterocycles. The molecule has 0 fully saturated rings. The van der Waals surface area contributed by atoms with E-state index in [1.807, 2.05) is 30.3 Å². The van der Waals surface area contributed by atoms with Crippen LogP contribution in [0.4, 0.5) is 0 Å². The zero-order valence-electron chi connectivity index (χ0n) is 17.8. The van der Waals surface area contributed by atoms with Crippen molar-refractivity contribution in [2.75, 3.05) is 20.8 Å². The number of hydrazone groups is 1. The molecule has 0 saturated carbocycles. The van der Waals surface area contributed by atoms with Gasteiger partial charge in [0.25, 0.3) is 11.8 Å². The predicted octanol–water partition coefficient (Wildman–Crippen LogP) is 2.77. The van der Waals surface area contributed by atoms with E-state index in [0.29, 0.717) is 28.3 Å². The van der Waals surface area contributed by atoms with Crippen LogP contribution in [0.15, 0.2) is 84.0 Å². The van der Waals surface area contributed by atoms with E-state index in [1.54, 1.807) is 48.5 Å². The molecule has 0 aliphatic heterocycles. The van der Waals surface area contributed by atoms with Crippen LogP contribution in [-0.2, 0) is 0 Å². The van der Waals surface area contributed by atoms with Crippen molar-refractivity contribution in [2.24, 2.45) is 5.10 Å². The second-order valence-electron chi connectivity index (χ2n) is 6.64. The Balaban J connectivity index is 1.68. The van der Waals surface area contributed by atoms with Crippen LogP contribution in [-0.4, -0.2) is 38.3 Å². The zero-order chi connectivity index (χ0) is 22.8. The van der Waals surface area contributed by atoms with Crippen molar-refractivity contribution in [3.8, 4) is 11.5 Å². The van der Waals surface area contributed by atoms with Crippen LogP contribution in [0.1, 0.15) is 26.3 Å². The predicted molar refractivity (Wildman–Crippen MR) is 122 cm³/mol.